The Kier molecular flexibility index (Phi) is 6.77. The Hall–Kier alpha value is -1.95. The molecule has 32 heavy (non-hydrogen) atoms. The van der Waals surface area contributed by atoms with Crippen LogP contribution in [0.1, 0.15) is 71.4 Å². The number of nitrogens with one attached hydrogen (secondary N) is 1. The third kappa shape index (κ3) is 5.51. The normalized spacial score (nSPS) is 23.4. The Labute approximate surface area is 194 Å². The number of urea groups is 1. The quantitative estimate of drug-likeness (QED) is 0.500. The van der Waals surface area contributed by atoms with Gasteiger partial charge in [-0.3, -0.25) is 4.79 Å². The minimum Gasteiger partial charge on any atom is -0.325 e. The molecule has 1 aromatic rings. The number of hydrogen-bond acceptors (Lipinski definition) is 2. The number of aryl methyl sites for hydroxylation is 1. The van der Waals surface area contributed by atoms with Gasteiger partial charge in [-0.2, -0.15) is 0 Å². The number of nitrogens with zero attached hydrogens (tertiary/aromatic N) is 1. The van der Waals surface area contributed by atoms with E-state index in [1.807, 2.05) is 25.1 Å². The summed E-state index contributed by atoms with van der Waals surface area (Å²) in [6.45, 7) is 10.1. The molecule has 0 saturated heterocycles. The molecule has 0 bridgehead atoms. The van der Waals surface area contributed by atoms with Crippen molar-refractivity contribution in [2.75, 3.05) is 6.54 Å². The standard InChI is InChI=1S/C25H33ClF2N2O2/c1-16(31)9-11-30-15-20(18-13-25(27,28)14-18)24(5,29-22(30)32)19-7-6-17(21(26)12-19)8-10-23(2,3)4/h6-7,12,15,18H,8-11,13-14H2,1-5H3,(H,29,32)/t24-/m0/s1. The maximum Gasteiger partial charge on any atom is 0.322 e. The smallest absolute Gasteiger partial charge is 0.322 e. The van der Waals surface area contributed by atoms with Crippen LogP contribution in [0.25, 0.3) is 0 Å². The summed E-state index contributed by atoms with van der Waals surface area (Å²) in [4.78, 5) is 25.7. The van der Waals surface area contributed by atoms with Crippen molar-refractivity contribution in [3.8, 4) is 0 Å². The van der Waals surface area contributed by atoms with Crippen LogP contribution in [-0.4, -0.2) is 29.2 Å². The van der Waals surface area contributed by atoms with Gasteiger partial charge in [-0.1, -0.05) is 44.5 Å². The van der Waals surface area contributed by atoms with Crippen LogP contribution in [0.3, 0.4) is 0 Å². The summed E-state index contributed by atoms with van der Waals surface area (Å²) < 4.78 is 27.5. The molecule has 1 fully saturated rings. The number of halogens is 3. The SMILES string of the molecule is CC(=O)CCN1C=C(C2CC(F)(F)C2)[C@](C)(c2ccc(CCC(C)(C)C)c(Cl)c2)NC1=O. The second kappa shape index (κ2) is 8.77. The number of alkyl halides is 2. The highest BCUT2D eigenvalue weighted by Gasteiger charge is 2.52. The molecule has 1 saturated carbocycles. The first-order chi connectivity index (χ1) is 14.7. The fraction of sp³-hybridized carbons (Fsp3) is 0.600. The zero-order valence-corrected chi connectivity index (χ0v) is 20.3. The lowest BCUT2D eigenvalue weighted by Gasteiger charge is -2.47. The molecule has 3 rings (SSSR count). The predicted octanol–water partition coefficient (Wildman–Crippen LogP) is 6.47. The minimum atomic E-state index is -2.69. The maximum atomic E-state index is 13.7. The van der Waals surface area contributed by atoms with Gasteiger partial charge in [-0.25, -0.2) is 13.6 Å². The van der Waals surface area contributed by atoms with Gasteiger partial charge in [0.2, 0.25) is 5.92 Å². The highest BCUT2D eigenvalue weighted by atomic mass is 35.5. The van der Waals surface area contributed by atoms with E-state index < -0.39 is 11.5 Å². The number of hydrogen-bond donors (Lipinski definition) is 1. The van der Waals surface area contributed by atoms with E-state index in [1.165, 1.54) is 11.8 Å². The zero-order valence-electron chi connectivity index (χ0n) is 19.5. The summed E-state index contributed by atoms with van der Waals surface area (Å²) >= 11 is 6.61. The molecule has 1 N–H and O–H groups in total. The first-order valence-corrected chi connectivity index (χ1v) is 11.6. The van der Waals surface area contributed by atoms with Gasteiger partial charge >= 0.3 is 6.03 Å². The average molecular weight is 467 g/mol. The number of carbonyl (C=O) groups is 2. The topological polar surface area (TPSA) is 49.4 Å². The number of amides is 2. The van der Waals surface area contributed by atoms with E-state index >= 15 is 0 Å². The molecule has 1 aliphatic carbocycles. The molecule has 0 aromatic heterocycles. The lowest BCUT2D eigenvalue weighted by atomic mass is 9.67. The molecule has 0 radical (unpaired) electrons. The van der Waals surface area contributed by atoms with Gasteiger partial charge in [0.15, 0.2) is 0 Å². The number of rotatable bonds is 7. The van der Waals surface area contributed by atoms with Gasteiger partial charge in [0, 0.05) is 37.0 Å². The van der Waals surface area contributed by atoms with E-state index in [1.54, 1.807) is 6.20 Å². The Balaban J connectivity index is 1.93. The van der Waals surface area contributed by atoms with Crippen LogP contribution in [-0.2, 0) is 16.8 Å². The minimum absolute atomic E-state index is 0.0334. The predicted molar refractivity (Wildman–Crippen MR) is 123 cm³/mol. The summed E-state index contributed by atoms with van der Waals surface area (Å²) in [5, 5.41) is 3.63. The first-order valence-electron chi connectivity index (χ1n) is 11.2. The highest BCUT2D eigenvalue weighted by Crippen LogP contribution is 2.51. The van der Waals surface area contributed by atoms with Crippen LogP contribution in [0.2, 0.25) is 5.02 Å². The van der Waals surface area contributed by atoms with Crippen LogP contribution >= 0.6 is 11.6 Å². The molecule has 2 amide bonds. The van der Waals surface area contributed by atoms with Crippen molar-refractivity contribution in [2.45, 2.75) is 78.2 Å². The maximum absolute atomic E-state index is 13.7. The summed E-state index contributed by atoms with van der Waals surface area (Å²) in [6, 6.07) is 5.39. The zero-order chi connectivity index (χ0) is 23.9. The fourth-order valence-electron chi connectivity index (χ4n) is 4.36. The van der Waals surface area contributed by atoms with Gasteiger partial charge in [0.25, 0.3) is 0 Å². The summed E-state index contributed by atoms with van der Waals surface area (Å²) in [5.74, 6) is -3.07. The molecule has 1 aliphatic heterocycles. The van der Waals surface area contributed by atoms with Crippen LogP contribution < -0.4 is 5.32 Å². The molecule has 4 nitrogen and oxygen atoms in total. The molecule has 0 spiro atoms. The van der Waals surface area contributed by atoms with Gasteiger partial charge in [-0.15, -0.1) is 0 Å². The molecule has 2 aliphatic rings. The lowest BCUT2D eigenvalue weighted by molar-refractivity contribution is -0.117. The van der Waals surface area contributed by atoms with Crippen molar-refractivity contribution in [3.05, 3.63) is 46.1 Å². The summed E-state index contributed by atoms with van der Waals surface area (Å²) in [5.41, 5.74) is 1.75. The first kappa shape index (κ1) is 24.7. The monoisotopic (exact) mass is 466 g/mol. The van der Waals surface area contributed by atoms with Crippen molar-refractivity contribution in [3.63, 3.8) is 0 Å². The van der Waals surface area contributed by atoms with E-state index in [4.69, 9.17) is 11.6 Å². The van der Waals surface area contributed by atoms with Crippen molar-refractivity contribution < 1.29 is 18.4 Å². The Bertz CT molecular complexity index is 930. The third-order valence-electron chi connectivity index (χ3n) is 6.50. The van der Waals surface area contributed by atoms with Crippen LogP contribution in [0.4, 0.5) is 13.6 Å². The van der Waals surface area contributed by atoms with Crippen LogP contribution in [0, 0.1) is 11.3 Å². The Morgan fingerprint density at radius 2 is 1.94 bits per heavy atom. The second-order valence-corrected chi connectivity index (χ2v) is 11.0. The summed E-state index contributed by atoms with van der Waals surface area (Å²) in [6.07, 6.45) is 3.20. The average Bonchev–Trinajstić information content (AvgIpc) is 2.63. The molecule has 1 aromatic carbocycles. The molecule has 7 heteroatoms. The molecule has 1 heterocycles. The van der Waals surface area contributed by atoms with Crippen LogP contribution in [0.15, 0.2) is 30.0 Å². The molecule has 0 unspecified atom stereocenters. The van der Waals surface area contributed by atoms with Crippen molar-refractivity contribution in [1.29, 1.82) is 0 Å². The van der Waals surface area contributed by atoms with Gasteiger partial charge in [0.1, 0.15) is 5.78 Å². The largest absolute Gasteiger partial charge is 0.325 e. The Morgan fingerprint density at radius 1 is 1.28 bits per heavy atom. The summed E-state index contributed by atoms with van der Waals surface area (Å²) in [7, 11) is 0. The van der Waals surface area contributed by atoms with E-state index in [-0.39, 0.29) is 49.0 Å². The van der Waals surface area contributed by atoms with E-state index in [2.05, 4.69) is 26.1 Å². The molecule has 1 atom stereocenters. The molecular weight excluding hydrogens is 434 g/mol. The second-order valence-electron chi connectivity index (χ2n) is 10.6. The van der Waals surface area contributed by atoms with Crippen molar-refractivity contribution in [1.82, 2.24) is 10.2 Å². The number of carbonyl (C=O) groups excluding carboxylic acids is 2. The van der Waals surface area contributed by atoms with E-state index in [0.29, 0.717) is 5.02 Å². The van der Waals surface area contributed by atoms with Gasteiger partial charge in [-0.05, 0) is 60.8 Å². The van der Waals surface area contributed by atoms with Gasteiger partial charge < -0.3 is 10.2 Å². The third-order valence-corrected chi connectivity index (χ3v) is 6.85. The Morgan fingerprint density at radius 3 is 2.47 bits per heavy atom. The molecular formula is C25H33ClF2N2O2. The number of ketones is 1. The highest BCUT2D eigenvalue weighted by molar-refractivity contribution is 6.31. The van der Waals surface area contributed by atoms with Crippen molar-refractivity contribution >= 4 is 23.4 Å². The van der Waals surface area contributed by atoms with Crippen LogP contribution in [0.5, 0.6) is 0 Å². The fourth-order valence-corrected chi connectivity index (χ4v) is 4.64. The van der Waals surface area contributed by atoms with E-state index in [0.717, 1.165) is 29.5 Å². The van der Waals surface area contributed by atoms with E-state index in [9.17, 15) is 18.4 Å². The lowest BCUT2D eigenvalue weighted by Crippen LogP contribution is -2.57. The van der Waals surface area contributed by atoms with Gasteiger partial charge in [0.05, 0.1) is 5.54 Å². The number of Topliss-reactive ketones (excluding diaryl/α,β-unsaturated/α-hetero) is 1. The number of benzene rings is 1. The molecule has 176 valence electrons. The van der Waals surface area contributed by atoms with Crippen molar-refractivity contribution in [2.24, 2.45) is 11.3 Å².